The zero-order chi connectivity index (χ0) is 14.8. The van der Waals surface area contributed by atoms with E-state index < -0.39 is 17.2 Å². The molecule has 3 N–H and O–H groups in total. The summed E-state index contributed by atoms with van der Waals surface area (Å²) < 4.78 is 0. The van der Waals surface area contributed by atoms with E-state index in [1.54, 1.807) is 0 Å². The van der Waals surface area contributed by atoms with Crippen molar-refractivity contribution in [3.8, 4) is 0 Å². The van der Waals surface area contributed by atoms with Gasteiger partial charge in [0.1, 0.15) is 0 Å². The molecule has 0 radical (unpaired) electrons. The van der Waals surface area contributed by atoms with E-state index in [4.69, 9.17) is 5.11 Å². The number of hydrogen-bond donors (Lipinski definition) is 3. The number of carbonyl (C=O) groups is 1. The predicted molar refractivity (Wildman–Crippen MR) is 74.2 cm³/mol. The lowest BCUT2D eigenvalue weighted by Gasteiger charge is -2.67. The van der Waals surface area contributed by atoms with Gasteiger partial charge in [-0.1, -0.05) is 13.5 Å². The lowest BCUT2D eigenvalue weighted by atomic mass is 9.41. The molecule has 2 atom stereocenters. The van der Waals surface area contributed by atoms with Gasteiger partial charge in [0.2, 0.25) is 0 Å². The molecule has 4 fully saturated rings. The third kappa shape index (κ3) is 2.19. The van der Waals surface area contributed by atoms with Gasteiger partial charge < -0.3 is 15.3 Å². The van der Waals surface area contributed by atoms with Crippen LogP contribution in [0.4, 0.5) is 0 Å². The smallest absolute Gasteiger partial charge is 0.330 e. The minimum Gasteiger partial charge on any atom is -0.478 e. The van der Waals surface area contributed by atoms with Crippen LogP contribution in [-0.2, 0) is 4.79 Å². The SMILES string of the molecule is C=C(CCC12CC3(C)CC(O)(CC(O)(C3)C1)C2)C(=O)O. The van der Waals surface area contributed by atoms with Crippen LogP contribution in [-0.4, -0.2) is 32.5 Å². The normalized spacial score (nSPS) is 49.4. The molecule has 4 heteroatoms. The van der Waals surface area contributed by atoms with Crippen molar-refractivity contribution in [2.24, 2.45) is 10.8 Å². The Morgan fingerprint density at radius 3 is 2.05 bits per heavy atom. The molecule has 4 aliphatic rings. The molecule has 0 heterocycles. The third-order valence-electron chi connectivity index (χ3n) is 5.64. The monoisotopic (exact) mass is 280 g/mol. The maximum Gasteiger partial charge on any atom is 0.330 e. The number of hydrogen-bond acceptors (Lipinski definition) is 3. The van der Waals surface area contributed by atoms with E-state index in [0.717, 1.165) is 19.3 Å². The van der Waals surface area contributed by atoms with Crippen molar-refractivity contribution >= 4 is 5.97 Å². The first-order valence-corrected chi connectivity index (χ1v) is 7.43. The lowest BCUT2D eigenvalue weighted by molar-refractivity contribution is -0.256. The van der Waals surface area contributed by atoms with Crippen LogP contribution in [0, 0.1) is 10.8 Å². The maximum absolute atomic E-state index is 10.9. The summed E-state index contributed by atoms with van der Waals surface area (Å²) in [5, 5.41) is 30.5. The van der Waals surface area contributed by atoms with Crippen molar-refractivity contribution in [3.05, 3.63) is 12.2 Å². The molecule has 0 aromatic rings. The van der Waals surface area contributed by atoms with E-state index in [9.17, 15) is 15.0 Å². The Bertz CT molecular complexity index is 427. The first-order chi connectivity index (χ1) is 9.07. The maximum atomic E-state index is 10.9. The average Bonchev–Trinajstić information content (AvgIpc) is 2.18. The Kier molecular flexibility index (Phi) is 2.72. The topological polar surface area (TPSA) is 77.8 Å². The van der Waals surface area contributed by atoms with Crippen LogP contribution in [0.15, 0.2) is 12.2 Å². The number of rotatable bonds is 4. The van der Waals surface area contributed by atoms with Gasteiger partial charge in [-0.05, 0) is 55.8 Å². The minimum absolute atomic E-state index is 0.0111. The molecule has 2 unspecified atom stereocenters. The van der Waals surface area contributed by atoms with Crippen molar-refractivity contribution in [1.82, 2.24) is 0 Å². The van der Waals surface area contributed by atoms with Gasteiger partial charge in [-0.3, -0.25) is 0 Å². The third-order valence-corrected chi connectivity index (χ3v) is 5.64. The van der Waals surface area contributed by atoms with E-state index in [1.807, 2.05) is 0 Å². The van der Waals surface area contributed by atoms with Crippen LogP contribution in [0.2, 0.25) is 0 Å². The number of aliphatic hydroxyl groups is 2. The highest BCUT2D eigenvalue weighted by atomic mass is 16.4. The van der Waals surface area contributed by atoms with Gasteiger partial charge >= 0.3 is 5.97 Å². The Morgan fingerprint density at radius 2 is 1.60 bits per heavy atom. The summed E-state index contributed by atoms with van der Waals surface area (Å²) in [4.78, 5) is 10.9. The Hall–Kier alpha value is -0.870. The van der Waals surface area contributed by atoms with Crippen molar-refractivity contribution < 1.29 is 20.1 Å². The molecule has 0 aromatic heterocycles. The molecular formula is C16H24O4. The summed E-state index contributed by atoms with van der Waals surface area (Å²) in [5.41, 5.74) is -1.43. The van der Waals surface area contributed by atoms with Crippen molar-refractivity contribution in [2.75, 3.05) is 0 Å². The summed E-state index contributed by atoms with van der Waals surface area (Å²) in [6.45, 7) is 5.75. The van der Waals surface area contributed by atoms with Crippen LogP contribution in [0.3, 0.4) is 0 Å². The van der Waals surface area contributed by atoms with E-state index in [2.05, 4.69) is 13.5 Å². The van der Waals surface area contributed by atoms with Crippen molar-refractivity contribution in [2.45, 2.75) is 69.5 Å². The predicted octanol–water partition coefficient (Wildman–Crippen LogP) is 2.24. The standard InChI is InChI=1S/C16H24O4/c1-11(12(17)18)3-4-14-5-13(2)6-15(19,8-14)10-16(20,7-13)9-14/h19-20H,1,3-10H2,2H3,(H,17,18). The first-order valence-electron chi connectivity index (χ1n) is 7.43. The van der Waals surface area contributed by atoms with Gasteiger partial charge in [-0.15, -0.1) is 0 Å². The zero-order valence-electron chi connectivity index (χ0n) is 12.1. The lowest BCUT2D eigenvalue weighted by Crippen LogP contribution is -2.66. The fourth-order valence-corrected chi connectivity index (χ4v) is 6.04. The van der Waals surface area contributed by atoms with Gasteiger partial charge in [0.05, 0.1) is 11.2 Å². The highest BCUT2D eigenvalue weighted by Crippen LogP contribution is 2.69. The fraction of sp³-hybridized carbons (Fsp3) is 0.812. The quantitative estimate of drug-likeness (QED) is 0.690. The van der Waals surface area contributed by atoms with Crippen LogP contribution in [0.5, 0.6) is 0 Å². The number of carboxylic acid groups (broad SMARTS) is 1. The summed E-state index contributed by atoms with van der Waals surface area (Å²) in [5.74, 6) is -0.946. The first kappa shape index (κ1) is 14.1. The van der Waals surface area contributed by atoms with Gasteiger partial charge in [0, 0.05) is 12.0 Å². The van der Waals surface area contributed by atoms with Gasteiger partial charge in [-0.2, -0.15) is 0 Å². The Morgan fingerprint density at radius 1 is 1.05 bits per heavy atom. The molecule has 0 aromatic carbocycles. The zero-order valence-corrected chi connectivity index (χ0v) is 12.1. The highest BCUT2D eigenvalue weighted by Gasteiger charge is 2.66. The number of carboxylic acids is 1. The molecule has 0 saturated heterocycles. The highest BCUT2D eigenvalue weighted by molar-refractivity contribution is 5.85. The minimum atomic E-state index is -0.946. The van der Waals surface area contributed by atoms with Crippen LogP contribution in [0.25, 0.3) is 0 Å². The van der Waals surface area contributed by atoms with Crippen LogP contribution in [0.1, 0.15) is 58.3 Å². The van der Waals surface area contributed by atoms with E-state index in [1.165, 1.54) is 0 Å². The van der Waals surface area contributed by atoms with Gasteiger partial charge in [-0.25, -0.2) is 4.79 Å². The molecule has 4 bridgehead atoms. The molecule has 4 aliphatic carbocycles. The second kappa shape index (κ2) is 3.86. The molecule has 4 saturated carbocycles. The second-order valence-corrected chi connectivity index (χ2v) is 8.23. The summed E-state index contributed by atoms with van der Waals surface area (Å²) >= 11 is 0. The molecule has 20 heavy (non-hydrogen) atoms. The van der Waals surface area contributed by atoms with Crippen LogP contribution < -0.4 is 0 Å². The molecule has 4 rings (SSSR count). The van der Waals surface area contributed by atoms with Crippen molar-refractivity contribution in [3.63, 3.8) is 0 Å². The Labute approximate surface area is 119 Å². The largest absolute Gasteiger partial charge is 0.478 e. The van der Waals surface area contributed by atoms with E-state index >= 15 is 0 Å². The molecule has 0 aliphatic heterocycles. The Balaban J connectivity index is 1.83. The summed E-state index contributed by atoms with van der Waals surface area (Å²) in [7, 11) is 0. The molecule has 0 spiro atoms. The van der Waals surface area contributed by atoms with E-state index in [-0.39, 0.29) is 16.4 Å². The second-order valence-electron chi connectivity index (χ2n) is 8.23. The fourth-order valence-electron chi connectivity index (χ4n) is 6.04. The van der Waals surface area contributed by atoms with Gasteiger partial charge in [0.15, 0.2) is 0 Å². The van der Waals surface area contributed by atoms with Crippen molar-refractivity contribution in [1.29, 1.82) is 0 Å². The summed E-state index contributed by atoms with van der Waals surface area (Å²) in [6, 6.07) is 0. The molecule has 4 nitrogen and oxygen atoms in total. The molecule has 0 amide bonds. The van der Waals surface area contributed by atoms with Gasteiger partial charge in [0.25, 0.3) is 0 Å². The summed E-state index contributed by atoms with van der Waals surface area (Å²) in [6.07, 6.45) is 5.55. The molecular weight excluding hydrogens is 256 g/mol. The number of aliphatic carboxylic acids is 1. The van der Waals surface area contributed by atoms with E-state index in [0.29, 0.717) is 32.1 Å². The average molecular weight is 280 g/mol. The van der Waals surface area contributed by atoms with Crippen LogP contribution >= 0.6 is 0 Å². The molecule has 112 valence electrons.